The number of ether oxygens (including phenoxy) is 1. The maximum absolute atomic E-state index is 13.1. The number of ketones is 1. The Bertz CT molecular complexity index is 916. The van der Waals surface area contributed by atoms with Crippen LogP contribution in [-0.4, -0.2) is 22.9 Å². The first-order chi connectivity index (χ1) is 18.4. The zero-order chi connectivity index (χ0) is 27.2. The number of nitrogens with zero attached hydrogens (tertiary/aromatic N) is 1. The van der Waals surface area contributed by atoms with Gasteiger partial charge in [0.2, 0.25) is 0 Å². The van der Waals surface area contributed by atoms with E-state index in [2.05, 4.69) is 33.0 Å². The number of aromatic nitrogens is 1. The van der Waals surface area contributed by atoms with E-state index in [4.69, 9.17) is 14.1 Å². The molecule has 2 unspecified atom stereocenters. The zero-order valence-electron chi connectivity index (χ0n) is 24.5. The first kappa shape index (κ1) is 30.9. The monoisotopic (exact) mass is 544 g/mol. The van der Waals surface area contributed by atoms with E-state index in [1.54, 1.807) is 17.6 Å². The number of carbonyl (C=O) groups is 1. The average molecular weight is 545 g/mol. The molecule has 2 aromatic rings. The Kier molecular flexibility index (Phi) is 13.4. The number of thiazole rings is 1. The third-order valence-corrected chi connectivity index (χ3v) is 8.51. The smallest absolute Gasteiger partial charge is 0.184 e. The molecular weight excluding hydrogens is 492 g/mol. The SMILES string of the molecule is CCCCCCCCCCCCCCCC(=O)C1CCOC(c2sc(NC(C)(C)C)nc2-c2ccco2)C1. The van der Waals surface area contributed by atoms with Crippen molar-refractivity contribution in [2.24, 2.45) is 5.92 Å². The minimum Gasteiger partial charge on any atom is -0.463 e. The lowest BCUT2D eigenvalue weighted by Crippen LogP contribution is -2.26. The van der Waals surface area contributed by atoms with Crippen LogP contribution in [0.3, 0.4) is 0 Å². The lowest BCUT2D eigenvalue weighted by molar-refractivity contribution is -0.128. The summed E-state index contributed by atoms with van der Waals surface area (Å²) in [6, 6.07) is 3.83. The van der Waals surface area contributed by atoms with Gasteiger partial charge in [-0.2, -0.15) is 0 Å². The van der Waals surface area contributed by atoms with Crippen molar-refractivity contribution >= 4 is 22.3 Å². The summed E-state index contributed by atoms with van der Waals surface area (Å²) < 4.78 is 11.9. The Hall–Kier alpha value is -1.66. The maximum Gasteiger partial charge on any atom is 0.184 e. The summed E-state index contributed by atoms with van der Waals surface area (Å²) in [6.07, 6.45) is 21.1. The van der Waals surface area contributed by atoms with Crippen LogP contribution >= 0.6 is 11.3 Å². The molecular formula is C32H52N2O3S. The molecule has 214 valence electrons. The van der Waals surface area contributed by atoms with E-state index >= 15 is 0 Å². The van der Waals surface area contributed by atoms with Gasteiger partial charge >= 0.3 is 0 Å². The van der Waals surface area contributed by atoms with Crippen LogP contribution in [0.25, 0.3) is 11.5 Å². The van der Waals surface area contributed by atoms with Crippen LogP contribution in [0.1, 0.15) is 141 Å². The van der Waals surface area contributed by atoms with E-state index in [9.17, 15) is 4.79 Å². The van der Waals surface area contributed by atoms with Crippen molar-refractivity contribution in [2.45, 2.75) is 142 Å². The van der Waals surface area contributed by atoms with Crippen LogP contribution in [0.15, 0.2) is 22.8 Å². The molecule has 1 N–H and O–H groups in total. The van der Waals surface area contributed by atoms with E-state index in [1.165, 1.54) is 77.0 Å². The van der Waals surface area contributed by atoms with Crippen LogP contribution < -0.4 is 5.32 Å². The van der Waals surface area contributed by atoms with Gasteiger partial charge in [-0.1, -0.05) is 95.3 Å². The average Bonchev–Trinajstić information content (AvgIpc) is 3.56. The molecule has 2 atom stereocenters. The van der Waals surface area contributed by atoms with Gasteiger partial charge in [-0.25, -0.2) is 4.98 Å². The first-order valence-electron chi connectivity index (χ1n) is 15.3. The number of rotatable bonds is 18. The fourth-order valence-corrected chi connectivity index (χ4v) is 6.55. The number of unbranched alkanes of at least 4 members (excludes halogenated alkanes) is 12. The predicted molar refractivity (Wildman–Crippen MR) is 160 cm³/mol. The molecule has 0 amide bonds. The van der Waals surface area contributed by atoms with Gasteiger partial charge in [-0.05, 0) is 52.2 Å². The summed E-state index contributed by atoms with van der Waals surface area (Å²) in [5, 5.41) is 4.35. The molecule has 3 heterocycles. The Morgan fingerprint density at radius 2 is 1.63 bits per heavy atom. The fraction of sp³-hybridized carbons (Fsp3) is 0.750. The van der Waals surface area contributed by atoms with Gasteiger partial charge in [-0.15, -0.1) is 0 Å². The number of carbonyl (C=O) groups excluding carboxylic acids is 1. The number of anilines is 1. The van der Waals surface area contributed by atoms with Crippen molar-refractivity contribution in [1.82, 2.24) is 4.98 Å². The Morgan fingerprint density at radius 3 is 2.21 bits per heavy atom. The zero-order valence-corrected chi connectivity index (χ0v) is 25.3. The van der Waals surface area contributed by atoms with Gasteiger partial charge in [0.15, 0.2) is 10.9 Å². The second kappa shape index (κ2) is 16.4. The number of Topliss-reactive ketones (excluding diaryl/α,β-unsaturated/α-hetero) is 1. The number of nitrogens with one attached hydrogen (secondary N) is 1. The van der Waals surface area contributed by atoms with E-state index in [0.29, 0.717) is 18.8 Å². The highest BCUT2D eigenvalue weighted by Gasteiger charge is 2.32. The molecule has 1 saturated heterocycles. The molecule has 1 aliphatic rings. The molecule has 0 saturated carbocycles. The van der Waals surface area contributed by atoms with Crippen LogP contribution in [0.4, 0.5) is 5.13 Å². The lowest BCUT2D eigenvalue weighted by atomic mass is 9.88. The second-order valence-electron chi connectivity index (χ2n) is 12.1. The molecule has 0 aliphatic carbocycles. The third-order valence-electron chi connectivity index (χ3n) is 7.45. The van der Waals surface area contributed by atoms with Crippen molar-refractivity contribution in [3.63, 3.8) is 0 Å². The molecule has 1 aliphatic heterocycles. The summed E-state index contributed by atoms with van der Waals surface area (Å²) in [5.74, 6) is 1.25. The molecule has 1 fully saturated rings. The van der Waals surface area contributed by atoms with E-state index in [1.807, 2.05) is 12.1 Å². The highest BCUT2D eigenvalue weighted by atomic mass is 32.1. The van der Waals surface area contributed by atoms with Crippen LogP contribution in [0.2, 0.25) is 0 Å². The highest BCUT2D eigenvalue weighted by Crippen LogP contribution is 2.43. The van der Waals surface area contributed by atoms with Crippen molar-refractivity contribution in [1.29, 1.82) is 0 Å². The van der Waals surface area contributed by atoms with Gasteiger partial charge in [0.1, 0.15) is 11.5 Å². The molecule has 3 rings (SSSR count). The van der Waals surface area contributed by atoms with Crippen LogP contribution in [0.5, 0.6) is 0 Å². The van der Waals surface area contributed by atoms with Crippen LogP contribution in [-0.2, 0) is 9.53 Å². The minimum absolute atomic E-state index is 0.0802. The predicted octanol–water partition coefficient (Wildman–Crippen LogP) is 10.1. The number of hydrogen-bond donors (Lipinski definition) is 1. The number of furan rings is 1. The van der Waals surface area contributed by atoms with Crippen molar-refractivity contribution in [2.75, 3.05) is 11.9 Å². The largest absolute Gasteiger partial charge is 0.463 e. The van der Waals surface area contributed by atoms with Crippen molar-refractivity contribution < 1.29 is 13.9 Å². The van der Waals surface area contributed by atoms with Gasteiger partial charge < -0.3 is 14.5 Å². The Labute approximate surface area is 235 Å². The van der Waals surface area contributed by atoms with E-state index in [-0.39, 0.29) is 17.6 Å². The second-order valence-corrected chi connectivity index (χ2v) is 13.2. The van der Waals surface area contributed by atoms with E-state index in [0.717, 1.165) is 40.7 Å². The molecule has 0 radical (unpaired) electrons. The summed E-state index contributed by atoms with van der Waals surface area (Å²) in [7, 11) is 0. The summed E-state index contributed by atoms with van der Waals surface area (Å²) >= 11 is 1.62. The molecule has 38 heavy (non-hydrogen) atoms. The topological polar surface area (TPSA) is 64.4 Å². The van der Waals surface area contributed by atoms with E-state index < -0.39 is 0 Å². The molecule has 0 bridgehead atoms. The van der Waals surface area contributed by atoms with Gasteiger partial charge in [0.05, 0.1) is 17.2 Å². The van der Waals surface area contributed by atoms with Gasteiger partial charge in [-0.3, -0.25) is 4.79 Å². The normalized spacial score (nSPS) is 18.1. The van der Waals surface area contributed by atoms with Gasteiger partial charge in [0.25, 0.3) is 0 Å². The maximum atomic E-state index is 13.1. The molecule has 5 nitrogen and oxygen atoms in total. The molecule has 6 heteroatoms. The first-order valence-corrected chi connectivity index (χ1v) is 16.2. The quantitative estimate of drug-likeness (QED) is 0.189. The molecule has 0 spiro atoms. The summed E-state index contributed by atoms with van der Waals surface area (Å²) in [4.78, 5) is 19.0. The third kappa shape index (κ3) is 10.8. The Balaban J connectivity index is 1.38. The lowest BCUT2D eigenvalue weighted by Gasteiger charge is -2.28. The molecule has 2 aromatic heterocycles. The minimum atomic E-state index is -0.113. The number of hydrogen-bond acceptors (Lipinski definition) is 6. The fourth-order valence-electron chi connectivity index (χ4n) is 5.31. The molecule has 0 aromatic carbocycles. The van der Waals surface area contributed by atoms with Crippen LogP contribution in [0, 0.1) is 5.92 Å². The van der Waals surface area contributed by atoms with Gasteiger partial charge in [0, 0.05) is 24.5 Å². The highest BCUT2D eigenvalue weighted by molar-refractivity contribution is 7.16. The summed E-state index contributed by atoms with van der Waals surface area (Å²) in [6.45, 7) is 9.28. The van der Waals surface area contributed by atoms with Crippen molar-refractivity contribution in [3.8, 4) is 11.5 Å². The Morgan fingerprint density at radius 1 is 1.00 bits per heavy atom. The summed E-state index contributed by atoms with van der Waals surface area (Å²) in [5.41, 5.74) is 0.747. The standard InChI is InChI=1S/C32H52N2O3S/c1-5-6-7-8-9-10-11-12-13-14-15-16-17-19-26(35)25-21-23-37-28(24-25)30-29(27-20-18-22-36-27)33-31(38-30)34-32(2,3)4/h18,20,22,25,28H,5-17,19,21,23-24H2,1-4H3,(H,33,34). The van der Waals surface area contributed by atoms with Crippen molar-refractivity contribution in [3.05, 3.63) is 23.3 Å².